The van der Waals surface area contributed by atoms with Crippen molar-refractivity contribution in [3.05, 3.63) is 0 Å². The second kappa shape index (κ2) is 5.72. The first-order valence-corrected chi connectivity index (χ1v) is 5.72. The van der Waals surface area contributed by atoms with Crippen molar-refractivity contribution in [1.82, 2.24) is 9.80 Å². The molecule has 2 nitrogen and oxygen atoms in total. The summed E-state index contributed by atoms with van der Waals surface area (Å²) in [5.74, 6) is 0. The van der Waals surface area contributed by atoms with Gasteiger partial charge in [0, 0.05) is 24.7 Å². The van der Waals surface area contributed by atoms with E-state index in [0.29, 0.717) is 11.6 Å². The van der Waals surface area contributed by atoms with Crippen molar-refractivity contribution >= 4 is 0 Å². The van der Waals surface area contributed by atoms with Crippen LogP contribution in [0.5, 0.6) is 0 Å². The first kappa shape index (κ1) is 13.9. The van der Waals surface area contributed by atoms with Crippen molar-refractivity contribution < 1.29 is 0 Å². The molecule has 0 bridgehead atoms. The highest BCUT2D eigenvalue weighted by Gasteiger charge is 2.26. The molecule has 0 aliphatic heterocycles. The van der Waals surface area contributed by atoms with Gasteiger partial charge in [-0.2, -0.15) is 0 Å². The number of hydrogen-bond donors (Lipinski definition) is 0. The molecule has 0 N–H and O–H groups in total. The van der Waals surface area contributed by atoms with Gasteiger partial charge in [-0.05, 0) is 48.2 Å². The minimum atomic E-state index is 0.324. The Morgan fingerprint density at radius 3 is 1.86 bits per heavy atom. The summed E-state index contributed by atoms with van der Waals surface area (Å²) in [6.07, 6.45) is 1.21. The topological polar surface area (TPSA) is 6.48 Å². The minimum absolute atomic E-state index is 0.324. The smallest absolute Gasteiger partial charge is 0.0153 e. The van der Waals surface area contributed by atoms with Gasteiger partial charge in [-0.1, -0.05) is 6.92 Å². The van der Waals surface area contributed by atoms with Crippen LogP contribution in [-0.2, 0) is 0 Å². The van der Waals surface area contributed by atoms with E-state index in [1.807, 2.05) is 0 Å². The highest BCUT2D eigenvalue weighted by molar-refractivity contribution is 4.82. The lowest BCUT2D eigenvalue weighted by Crippen LogP contribution is -2.50. The molecular formula is C12H28N2. The molecule has 0 saturated heterocycles. The quantitative estimate of drug-likeness (QED) is 0.650. The minimum Gasteiger partial charge on any atom is -0.308 e. The number of hydrogen-bond acceptors (Lipinski definition) is 2. The van der Waals surface area contributed by atoms with Crippen LogP contribution < -0.4 is 0 Å². The van der Waals surface area contributed by atoms with E-state index in [1.165, 1.54) is 6.42 Å². The Morgan fingerprint density at radius 2 is 1.57 bits per heavy atom. The monoisotopic (exact) mass is 200 g/mol. The summed E-state index contributed by atoms with van der Waals surface area (Å²) in [6, 6.07) is 0.630. The molecule has 14 heavy (non-hydrogen) atoms. The lowest BCUT2D eigenvalue weighted by molar-refractivity contribution is 0.0731. The molecule has 0 atom stereocenters. The van der Waals surface area contributed by atoms with Crippen LogP contribution in [0.1, 0.15) is 41.0 Å². The van der Waals surface area contributed by atoms with Gasteiger partial charge >= 0.3 is 0 Å². The maximum atomic E-state index is 2.59. The van der Waals surface area contributed by atoms with E-state index >= 15 is 0 Å². The van der Waals surface area contributed by atoms with Crippen molar-refractivity contribution in [2.75, 3.05) is 27.2 Å². The van der Waals surface area contributed by atoms with E-state index in [2.05, 4.69) is 58.5 Å². The zero-order valence-electron chi connectivity index (χ0n) is 11.1. The van der Waals surface area contributed by atoms with Gasteiger partial charge in [-0.3, -0.25) is 4.90 Å². The van der Waals surface area contributed by atoms with E-state index < -0.39 is 0 Å². The zero-order chi connectivity index (χ0) is 11.4. The Bertz CT molecular complexity index is 150. The molecule has 0 spiro atoms. The standard InChI is InChI=1S/C12H28N2/c1-8-12(4,5)14(11(2)3)10-9-13(6)7/h11H,8-10H2,1-7H3. The summed E-state index contributed by atoms with van der Waals surface area (Å²) in [4.78, 5) is 4.84. The molecule has 0 saturated carbocycles. The number of likely N-dealkylation sites (N-methyl/N-ethyl adjacent to an activating group) is 1. The fraction of sp³-hybridized carbons (Fsp3) is 1.00. The SMILES string of the molecule is CCC(C)(C)N(CCN(C)C)C(C)C. The lowest BCUT2D eigenvalue weighted by atomic mass is 9.97. The van der Waals surface area contributed by atoms with Crippen molar-refractivity contribution in [3.8, 4) is 0 Å². The third-order valence-electron chi connectivity index (χ3n) is 3.05. The molecule has 0 aromatic carbocycles. The molecule has 0 aromatic heterocycles. The van der Waals surface area contributed by atoms with Crippen LogP contribution in [-0.4, -0.2) is 48.6 Å². The van der Waals surface area contributed by atoms with Crippen molar-refractivity contribution in [2.24, 2.45) is 0 Å². The van der Waals surface area contributed by atoms with Gasteiger partial charge in [0.25, 0.3) is 0 Å². The van der Waals surface area contributed by atoms with E-state index in [0.717, 1.165) is 13.1 Å². The number of nitrogens with zero attached hydrogens (tertiary/aromatic N) is 2. The first-order chi connectivity index (χ1) is 6.31. The van der Waals surface area contributed by atoms with Crippen LogP contribution in [0, 0.1) is 0 Å². The molecule has 86 valence electrons. The van der Waals surface area contributed by atoms with Crippen LogP contribution >= 0.6 is 0 Å². The summed E-state index contributed by atoms with van der Waals surface area (Å²) < 4.78 is 0. The Balaban J connectivity index is 4.29. The van der Waals surface area contributed by atoms with Crippen molar-refractivity contribution in [2.45, 2.75) is 52.6 Å². The third-order valence-corrected chi connectivity index (χ3v) is 3.05. The molecule has 0 unspecified atom stereocenters. The van der Waals surface area contributed by atoms with Crippen LogP contribution in [0.4, 0.5) is 0 Å². The highest BCUT2D eigenvalue weighted by atomic mass is 15.2. The summed E-state index contributed by atoms with van der Waals surface area (Å²) in [6.45, 7) is 13.8. The average molecular weight is 200 g/mol. The van der Waals surface area contributed by atoms with Crippen molar-refractivity contribution in [3.63, 3.8) is 0 Å². The predicted octanol–water partition coefficient (Wildman–Crippen LogP) is 2.45. The molecule has 0 aliphatic rings. The fourth-order valence-electron chi connectivity index (χ4n) is 1.77. The van der Waals surface area contributed by atoms with Gasteiger partial charge in [0.15, 0.2) is 0 Å². The molecule has 0 radical (unpaired) electrons. The molecule has 0 fully saturated rings. The predicted molar refractivity (Wildman–Crippen MR) is 64.8 cm³/mol. The van der Waals surface area contributed by atoms with Gasteiger partial charge in [0.2, 0.25) is 0 Å². The van der Waals surface area contributed by atoms with E-state index in [-0.39, 0.29) is 0 Å². The molecule has 0 heterocycles. The van der Waals surface area contributed by atoms with Crippen LogP contribution in [0.2, 0.25) is 0 Å². The Morgan fingerprint density at radius 1 is 1.07 bits per heavy atom. The van der Waals surface area contributed by atoms with Gasteiger partial charge in [0.05, 0.1) is 0 Å². The summed E-state index contributed by atoms with van der Waals surface area (Å²) >= 11 is 0. The second-order valence-electron chi connectivity index (χ2n) is 5.26. The van der Waals surface area contributed by atoms with Crippen LogP contribution in [0.3, 0.4) is 0 Å². The van der Waals surface area contributed by atoms with E-state index in [9.17, 15) is 0 Å². The molecule has 0 rings (SSSR count). The van der Waals surface area contributed by atoms with Gasteiger partial charge in [-0.25, -0.2) is 0 Å². The second-order valence-corrected chi connectivity index (χ2v) is 5.26. The van der Waals surface area contributed by atoms with E-state index in [1.54, 1.807) is 0 Å². The molecular weight excluding hydrogens is 172 g/mol. The average Bonchev–Trinajstić information content (AvgIpc) is 2.03. The number of rotatable bonds is 6. The Labute approximate surface area is 90.3 Å². The maximum absolute atomic E-state index is 2.59. The Hall–Kier alpha value is -0.0800. The van der Waals surface area contributed by atoms with Crippen molar-refractivity contribution in [1.29, 1.82) is 0 Å². The van der Waals surface area contributed by atoms with Crippen LogP contribution in [0.25, 0.3) is 0 Å². The summed E-state index contributed by atoms with van der Waals surface area (Å²) in [5.41, 5.74) is 0.324. The molecule has 0 aliphatic carbocycles. The third kappa shape index (κ3) is 4.43. The Kier molecular flexibility index (Phi) is 5.68. The molecule has 0 aromatic rings. The van der Waals surface area contributed by atoms with Gasteiger partial charge in [0.1, 0.15) is 0 Å². The lowest BCUT2D eigenvalue weighted by Gasteiger charge is -2.41. The van der Waals surface area contributed by atoms with Gasteiger partial charge in [-0.15, -0.1) is 0 Å². The largest absolute Gasteiger partial charge is 0.308 e. The highest BCUT2D eigenvalue weighted by Crippen LogP contribution is 2.20. The first-order valence-electron chi connectivity index (χ1n) is 5.72. The van der Waals surface area contributed by atoms with Crippen LogP contribution in [0.15, 0.2) is 0 Å². The molecule has 2 heteroatoms. The maximum Gasteiger partial charge on any atom is 0.0153 e. The molecule has 0 amide bonds. The summed E-state index contributed by atoms with van der Waals surface area (Å²) in [7, 11) is 4.27. The van der Waals surface area contributed by atoms with Gasteiger partial charge < -0.3 is 4.90 Å². The van der Waals surface area contributed by atoms with E-state index in [4.69, 9.17) is 0 Å². The fourth-order valence-corrected chi connectivity index (χ4v) is 1.77. The summed E-state index contributed by atoms with van der Waals surface area (Å²) in [5, 5.41) is 0. The zero-order valence-corrected chi connectivity index (χ0v) is 11.1. The normalized spacial score (nSPS) is 13.3.